The number of aryl methyl sites for hydroxylation is 1. The Morgan fingerprint density at radius 1 is 1.47 bits per heavy atom. The molecule has 0 aliphatic heterocycles. The molecule has 0 atom stereocenters. The van der Waals surface area contributed by atoms with Crippen molar-refractivity contribution in [3.05, 3.63) is 40.1 Å². The summed E-state index contributed by atoms with van der Waals surface area (Å²) in [5, 5.41) is 0. The van der Waals surface area contributed by atoms with Crippen molar-refractivity contribution in [1.29, 1.82) is 0 Å². The van der Waals surface area contributed by atoms with Crippen LogP contribution in [-0.4, -0.2) is 18.4 Å². The van der Waals surface area contributed by atoms with Crippen molar-refractivity contribution < 1.29 is 8.42 Å². The van der Waals surface area contributed by atoms with Crippen LogP contribution in [0.1, 0.15) is 15.4 Å². The Labute approximate surface area is 115 Å². The monoisotopic (exact) mass is 298 g/mol. The maximum Gasteiger partial charge on any atom is 0.242 e. The molecule has 3 N–H and O–H groups in total. The fourth-order valence-electron chi connectivity index (χ4n) is 1.56. The maximum atomic E-state index is 12.2. The summed E-state index contributed by atoms with van der Waals surface area (Å²) in [6.45, 7) is 2.24. The molecule has 0 amide bonds. The molecule has 0 unspecified atom stereocenters. The van der Waals surface area contributed by atoms with Gasteiger partial charge in [-0.15, -0.1) is 11.3 Å². The van der Waals surface area contributed by atoms with Gasteiger partial charge in [0, 0.05) is 22.5 Å². The third kappa shape index (κ3) is 3.35. The third-order valence-electron chi connectivity index (χ3n) is 2.50. The van der Waals surface area contributed by atoms with Crippen LogP contribution in [0.15, 0.2) is 29.6 Å². The van der Waals surface area contributed by atoms with Gasteiger partial charge in [0.25, 0.3) is 0 Å². The van der Waals surface area contributed by atoms with E-state index >= 15 is 0 Å². The summed E-state index contributed by atoms with van der Waals surface area (Å²) >= 11 is 1.39. The van der Waals surface area contributed by atoms with Crippen molar-refractivity contribution in [2.75, 3.05) is 0 Å². The highest BCUT2D eigenvalue weighted by atomic mass is 32.2. The number of sulfonamides is 1. The zero-order valence-corrected chi connectivity index (χ0v) is 12.0. The van der Waals surface area contributed by atoms with E-state index in [1.165, 1.54) is 17.7 Å². The number of rotatable bonds is 5. The Hall–Kier alpha value is -1.35. The number of nitrogens with two attached hydrogens (primary N) is 1. The largest absolute Gasteiger partial charge is 0.326 e. The highest BCUT2D eigenvalue weighted by molar-refractivity contribution is 7.89. The summed E-state index contributed by atoms with van der Waals surface area (Å²) in [6, 6.07) is 3.27. The van der Waals surface area contributed by atoms with Gasteiger partial charge in [-0.3, -0.25) is 0 Å². The molecule has 0 saturated heterocycles. The topological polar surface area (TPSA) is 98.0 Å². The van der Waals surface area contributed by atoms with Crippen LogP contribution in [0.3, 0.4) is 0 Å². The molecule has 2 heterocycles. The summed E-state index contributed by atoms with van der Waals surface area (Å²) in [4.78, 5) is 9.60. The molecule has 0 aromatic carbocycles. The SMILES string of the molecule is Cc1sc(CN)cc1S(=O)(=O)NCc1ccncn1. The highest BCUT2D eigenvalue weighted by Crippen LogP contribution is 2.25. The van der Waals surface area contributed by atoms with Crippen LogP contribution < -0.4 is 10.5 Å². The molecule has 0 saturated carbocycles. The number of nitrogens with one attached hydrogen (secondary N) is 1. The average Bonchev–Trinajstić information content (AvgIpc) is 2.80. The first kappa shape index (κ1) is 14.1. The van der Waals surface area contributed by atoms with Crippen molar-refractivity contribution >= 4 is 21.4 Å². The van der Waals surface area contributed by atoms with Crippen LogP contribution in [0.2, 0.25) is 0 Å². The normalized spacial score (nSPS) is 11.7. The van der Waals surface area contributed by atoms with Gasteiger partial charge in [-0.05, 0) is 19.1 Å². The van der Waals surface area contributed by atoms with Gasteiger partial charge >= 0.3 is 0 Å². The standard InChI is InChI=1S/C11H14N4O2S2/c1-8-11(4-10(5-12)18-8)19(16,17)15-6-9-2-3-13-7-14-9/h2-4,7,15H,5-6,12H2,1H3. The van der Waals surface area contributed by atoms with E-state index in [4.69, 9.17) is 5.73 Å². The van der Waals surface area contributed by atoms with E-state index < -0.39 is 10.0 Å². The summed E-state index contributed by atoms with van der Waals surface area (Å²) in [5.74, 6) is 0. The Morgan fingerprint density at radius 3 is 2.84 bits per heavy atom. The Bertz CT molecular complexity index is 653. The number of thiophene rings is 1. The van der Waals surface area contributed by atoms with Gasteiger partial charge in [0.15, 0.2) is 0 Å². The van der Waals surface area contributed by atoms with Crippen molar-refractivity contribution in [2.45, 2.75) is 24.9 Å². The summed E-state index contributed by atoms with van der Waals surface area (Å²) < 4.78 is 26.9. The number of hydrogen-bond acceptors (Lipinski definition) is 6. The van der Waals surface area contributed by atoms with Crippen molar-refractivity contribution in [3.63, 3.8) is 0 Å². The molecule has 0 aliphatic rings. The van der Waals surface area contributed by atoms with E-state index in [2.05, 4.69) is 14.7 Å². The minimum atomic E-state index is -3.53. The van der Waals surface area contributed by atoms with Crippen LogP contribution in [-0.2, 0) is 23.1 Å². The van der Waals surface area contributed by atoms with Gasteiger partial charge in [-0.1, -0.05) is 0 Å². The first-order valence-electron chi connectivity index (χ1n) is 5.57. The molecule has 6 nitrogen and oxygen atoms in total. The van der Waals surface area contributed by atoms with Gasteiger partial charge in [-0.25, -0.2) is 23.1 Å². The zero-order chi connectivity index (χ0) is 13.9. The van der Waals surface area contributed by atoms with Crippen molar-refractivity contribution in [1.82, 2.24) is 14.7 Å². The lowest BCUT2D eigenvalue weighted by Gasteiger charge is -2.05. The molecule has 2 aromatic heterocycles. The first-order valence-corrected chi connectivity index (χ1v) is 7.87. The molecule has 2 rings (SSSR count). The molecule has 102 valence electrons. The number of hydrogen-bond donors (Lipinski definition) is 2. The smallest absolute Gasteiger partial charge is 0.242 e. The van der Waals surface area contributed by atoms with Crippen LogP contribution in [0.25, 0.3) is 0 Å². The van der Waals surface area contributed by atoms with E-state index in [1.807, 2.05) is 0 Å². The second kappa shape index (κ2) is 5.74. The lowest BCUT2D eigenvalue weighted by Crippen LogP contribution is -2.23. The Kier molecular flexibility index (Phi) is 4.25. The maximum absolute atomic E-state index is 12.2. The summed E-state index contributed by atoms with van der Waals surface area (Å²) in [7, 11) is -3.53. The van der Waals surface area contributed by atoms with Crippen LogP contribution >= 0.6 is 11.3 Å². The van der Waals surface area contributed by atoms with Gasteiger partial charge in [0.1, 0.15) is 6.33 Å². The van der Waals surface area contributed by atoms with Crippen molar-refractivity contribution in [3.8, 4) is 0 Å². The fourth-order valence-corrected chi connectivity index (χ4v) is 4.07. The van der Waals surface area contributed by atoms with Crippen molar-refractivity contribution in [2.24, 2.45) is 5.73 Å². The molecule has 0 fully saturated rings. The van der Waals surface area contributed by atoms with Gasteiger partial charge in [-0.2, -0.15) is 0 Å². The minimum absolute atomic E-state index is 0.137. The summed E-state index contributed by atoms with van der Waals surface area (Å²) in [5.41, 5.74) is 6.13. The number of aromatic nitrogens is 2. The molecule has 0 radical (unpaired) electrons. The quantitative estimate of drug-likeness (QED) is 0.850. The zero-order valence-electron chi connectivity index (χ0n) is 10.3. The molecule has 19 heavy (non-hydrogen) atoms. The average molecular weight is 298 g/mol. The number of nitrogens with zero attached hydrogens (tertiary/aromatic N) is 2. The predicted octanol–water partition coefficient (Wildman–Crippen LogP) is 0.784. The first-order chi connectivity index (χ1) is 9.03. The second-order valence-electron chi connectivity index (χ2n) is 3.86. The summed E-state index contributed by atoms with van der Waals surface area (Å²) in [6.07, 6.45) is 2.95. The van der Waals surface area contributed by atoms with Gasteiger partial charge in [0.05, 0.1) is 17.1 Å². The lowest BCUT2D eigenvalue weighted by atomic mass is 10.4. The van der Waals surface area contributed by atoms with Crippen LogP contribution in [0.4, 0.5) is 0 Å². The highest BCUT2D eigenvalue weighted by Gasteiger charge is 2.19. The van der Waals surface area contributed by atoms with E-state index in [1.54, 1.807) is 25.3 Å². The van der Waals surface area contributed by atoms with Crippen LogP contribution in [0.5, 0.6) is 0 Å². The van der Waals surface area contributed by atoms with Gasteiger partial charge in [0.2, 0.25) is 10.0 Å². The molecule has 0 spiro atoms. The fraction of sp³-hybridized carbons (Fsp3) is 0.273. The molecule has 0 bridgehead atoms. The Balaban J connectivity index is 2.16. The van der Waals surface area contributed by atoms with Crippen LogP contribution in [0, 0.1) is 6.92 Å². The molecular weight excluding hydrogens is 284 g/mol. The van der Waals surface area contributed by atoms with Gasteiger partial charge < -0.3 is 5.73 Å². The Morgan fingerprint density at radius 2 is 2.26 bits per heavy atom. The van der Waals surface area contributed by atoms with E-state index in [0.29, 0.717) is 12.2 Å². The second-order valence-corrected chi connectivity index (χ2v) is 6.94. The molecule has 0 aliphatic carbocycles. The van der Waals surface area contributed by atoms with E-state index in [-0.39, 0.29) is 11.4 Å². The van der Waals surface area contributed by atoms with E-state index in [0.717, 1.165) is 9.75 Å². The molecular formula is C11H14N4O2S2. The lowest BCUT2D eigenvalue weighted by molar-refractivity contribution is 0.580. The predicted molar refractivity (Wildman–Crippen MR) is 73.0 cm³/mol. The molecule has 8 heteroatoms. The third-order valence-corrected chi connectivity index (χ3v) is 5.23. The minimum Gasteiger partial charge on any atom is -0.326 e. The molecule has 2 aromatic rings. The van der Waals surface area contributed by atoms with E-state index in [9.17, 15) is 8.42 Å².